The average molecular weight is 294 g/mol. The van der Waals surface area contributed by atoms with Gasteiger partial charge in [0.15, 0.2) is 11.4 Å². The largest absolute Gasteiger partial charge is 0.510 e. The van der Waals surface area contributed by atoms with E-state index in [4.69, 9.17) is 4.74 Å². The number of rotatable bonds is 5. The van der Waals surface area contributed by atoms with Gasteiger partial charge in [0.05, 0.1) is 18.1 Å². The zero-order valence-electron chi connectivity index (χ0n) is 11.7. The van der Waals surface area contributed by atoms with Crippen LogP contribution in [0.15, 0.2) is 39.9 Å². The van der Waals surface area contributed by atoms with E-state index in [1.54, 1.807) is 0 Å². The van der Waals surface area contributed by atoms with E-state index in [-0.39, 0.29) is 22.8 Å². The first-order valence-electron chi connectivity index (χ1n) is 5.76. The molecule has 0 fully saturated rings. The van der Waals surface area contributed by atoms with Gasteiger partial charge >= 0.3 is 0 Å². The van der Waals surface area contributed by atoms with Crippen LogP contribution in [-0.4, -0.2) is 30.1 Å². The number of nitro benzene ring substituents is 1. The molecule has 112 valence electrons. The lowest BCUT2D eigenvalue weighted by Gasteiger charge is -2.02. The smallest absolute Gasteiger partial charge is 0.300 e. The van der Waals surface area contributed by atoms with Gasteiger partial charge in [-0.3, -0.25) is 14.9 Å². The Morgan fingerprint density at radius 2 is 2.14 bits per heavy atom. The zero-order chi connectivity index (χ0) is 16.0. The van der Waals surface area contributed by atoms with Gasteiger partial charge in [-0.1, -0.05) is 0 Å². The quantitative estimate of drug-likeness (QED) is 0.283. The Balaban J connectivity index is 3.23. The minimum absolute atomic E-state index is 0.0662. The first kappa shape index (κ1) is 16.1. The SMILES string of the molecule is CNC(=O)/C(N=Nc1ccc(OC)cc1[N+](=O)[O-])=C(\C)O. The Morgan fingerprint density at radius 1 is 1.48 bits per heavy atom. The maximum absolute atomic E-state index is 11.5. The van der Waals surface area contributed by atoms with Crippen molar-refractivity contribution in [3.05, 3.63) is 39.8 Å². The maximum Gasteiger partial charge on any atom is 0.300 e. The van der Waals surface area contributed by atoms with Gasteiger partial charge in [0, 0.05) is 7.05 Å². The summed E-state index contributed by atoms with van der Waals surface area (Å²) in [6.45, 7) is 1.26. The number of hydrogen-bond donors (Lipinski definition) is 2. The molecule has 21 heavy (non-hydrogen) atoms. The molecule has 0 unspecified atom stereocenters. The Labute approximate surface area is 120 Å². The molecular weight excluding hydrogens is 280 g/mol. The molecule has 2 N–H and O–H groups in total. The van der Waals surface area contributed by atoms with Crippen molar-refractivity contribution in [3.8, 4) is 5.75 Å². The van der Waals surface area contributed by atoms with Gasteiger partial charge in [0.1, 0.15) is 11.5 Å². The normalized spacial score (nSPS) is 12.0. The number of benzene rings is 1. The number of allylic oxidation sites excluding steroid dienone is 1. The summed E-state index contributed by atoms with van der Waals surface area (Å²) < 4.78 is 4.89. The van der Waals surface area contributed by atoms with E-state index in [1.807, 2.05) is 0 Å². The number of amides is 1. The number of aliphatic hydroxyl groups is 1. The third-order valence-corrected chi connectivity index (χ3v) is 2.42. The van der Waals surface area contributed by atoms with Crippen molar-refractivity contribution < 1.29 is 19.6 Å². The number of methoxy groups -OCH3 is 1. The lowest BCUT2D eigenvalue weighted by molar-refractivity contribution is -0.384. The molecule has 9 heteroatoms. The summed E-state index contributed by atoms with van der Waals surface area (Å²) in [5, 5.41) is 29.8. The summed E-state index contributed by atoms with van der Waals surface area (Å²) in [5.41, 5.74) is -0.726. The highest BCUT2D eigenvalue weighted by Gasteiger charge is 2.16. The van der Waals surface area contributed by atoms with Crippen molar-refractivity contribution in [1.29, 1.82) is 0 Å². The highest BCUT2D eigenvalue weighted by atomic mass is 16.6. The zero-order valence-corrected chi connectivity index (χ0v) is 11.7. The molecule has 0 heterocycles. The molecule has 0 aliphatic heterocycles. The predicted molar refractivity (Wildman–Crippen MR) is 73.6 cm³/mol. The monoisotopic (exact) mass is 294 g/mol. The third kappa shape index (κ3) is 4.00. The molecule has 0 atom stereocenters. The van der Waals surface area contributed by atoms with Crippen LogP contribution in [0.3, 0.4) is 0 Å². The van der Waals surface area contributed by atoms with Gasteiger partial charge in [0.2, 0.25) is 0 Å². The Bertz CT molecular complexity index is 620. The molecule has 0 bridgehead atoms. The van der Waals surface area contributed by atoms with Crippen LogP contribution in [0.25, 0.3) is 0 Å². The van der Waals surface area contributed by atoms with Crippen LogP contribution in [0, 0.1) is 10.1 Å². The van der Waals surface area contributed by atoms with Crippen LogP contribution in [-0.2, 0) is 4.79 Å². The van der Waals surface area contributed by atoms with Crippen molar-refractivity contribution in [2.24, 2.45) is 10.2 Å². The summed E-state index contributed by atoms with van der Waals surface area (Å²) in [4.78, 5) is 21.8. The molecule has 1 aromatic rings. The summed E-state index contributed by atoms with van der Waals surface area (Å²) >= 11 is 0. The van der Waals surface area contributed by atoms with E-state index < -0.39 is 10.8 Å². The number of nitrogens with zero attached hydrogens (tertiary/aromatic N) is 3. The second kappa shape index (κ2) is 6.98. The van der Waals surface area contributed by atoms with Gasteiger partial charge in [-0.25, -0.2) is 0 Å². The highest BCUT2D eigenvalue weighted by molar-refractivity contribution is 5.93. The number of azo groups is 1. The van der Waals surface area contributed by atoms with Crippen LogP contribution in [0.2, 0.25) is 0 Å². The van der Waals surface area contributed by atoms with Gasteiger partial charge in [-0.05, 0) is 19.1 Å². The number of carbonyl (C=O) groups is 1. The van der Waals surface area contributed by atoms with Crippen LogP contribution >= 0.6 is 0 Å². The Morgan fingerprint density at radius 3 is 2.62 bits per heavy atom. The first-order valence-corrected chi connectivity index (χ1v) is 5.76. The predicted octanol–water partition coefficient (Wildman–Crippen LogP) is 2.22. The fourth-order valence-electron chi connectivity index (χ4n) is 1.37. The van der Waals surface area contributed by atoms with E-state index in [1.165, 1.54) is 39.3 Å². The van der Waals surface area contributed by atoms with Crippen molar-refractivity contribution in [1.82, 2.24) is 5.32 Å². The van der Waals surface area contributed by atoms with Crippen molar-refractivity contribution in [2.75, 3.05) is 14.2 Å². The summed E-state index contributed by atoms with van der Waals surface area (Å²) in [6.07, 6.45) is 0. The third-order valence-electron chi connectivity index (χ3n) is 2.42. The van der Waals surface area contributed by atoms with E-state index in [9.17, 15) is 20.0 Å². The van der Waals surface area contributed by atoms with E-state index in [0.717, 1.165) is 0 Å². The van der Waals surface area contributed by atoms with E-state index >= 15 is 0 Å². The summed E-state index contributed by atoms with van der Waals surface area (Å²) in [6, 6.07) is 3.98. The first-order chi connectivity index (χ1) is 9.90. The molecule has 0 aliphatic rings. The van der Waals surface area contributed by atoms with Crippen molar-refractivity contribution >= 4 is 17.3 Å². The molecule has 1 rings (SSSR count). The molecule has 0 aromatic heterocycles. The number of nitro groups is 1. The van der Waals surface area contributed by atoms with Crippen LogP contribution in [0.5, 0.6) is 5.75 Å². The van der Waals surface area contributed by atoms with Gasteiger partial charge in [-0.15, -0.1) is 10.2 Å². The lowest BCUT2D eigenvalue weighted by atomic mass is 10.2. The molecule has 0 radical (unpaired) electrons. The van der Waals surface area contributed by atoms with E-state index in [0.29, 0.717) is 5.75 Å². The average Bonchev–Trinajstić information content (AvgIpc) is 2.46. The fourth-order valence-corrected chi connectivity index (χ4v) is 1.37. The second-order valence-corrected chi connectivity index (χ2v) is 3.82. The van der Waals surface area contributed by atoms with Crippen molar-refractivity contribution in [2.45, 2.75) is 6.92 Å². The number of carbonyl (C=O) groups excluding carboxylic acids is 1. The summed E-state index contributed by atoms with van der Waals surface area (Å²) in [5.74, 6) is -0.717. The minimum atomic E-state index is -0.657. The molecule has 0 aliphatic carbocycles. The molecule has 9 nitrogen and oxygen atoms in total. The van der Waals surface area contributed by atoms with Gasteiger partial charge < -0.3 is 15.2 Å². The number of ether oxygens (including phenoxy) is 1. The number of hydrogen-bond acceptors (Lipinski definition) is 7. The van der Waals surface area contributed by atoms with Crippen molar-refractivity contribution in [3.63, 3.8) is 0 Å². The lowest BCUT2D eigenvalue weighted by Crippen LogP contribution is -2.20. The fraction of sp³-hybridized carbons (Fsp3) is 0.250. The van der Waals surface area contributed by atoms with Gasteiger partial charge in [-0.2, -0.15) is 0 Å². The number of likely N-dealkylation sites (N-methyl/N-ethyl adjacent to an activating group) is 1. The second-order valence-electron chi connectivity index (χ2n) is 3.82. The molecule has 1 amide bonds. The minimum Gasteiger partial charge on any atom is -0.510 e. The Hall–Kier alpha value is -2.97. The maximum atomic E-state index is 11.5. The van der Waals surface area contributed by atoms with Crippen LogP contribution in [0.4, 0.5) is 11.4 Å². The summed E-state index contributed by atoms with van der Waals surface area (Å²) in [7, 11) is 2.73. The standard InChI is InChI=1S/C12H14N4O5/c1-7(17)11(12(18)13-2)15-14-9-5-4-8(21-3)6-10(9)16(19)20/h4-6,17H,1-3H3,(H,13,18)/b11-7-,15-14?. The van der Waals surface area contributed by atoms with Crippen LogP contribution in [0.1, 0.15) is 6.92 Å². The topological polar surface area (TPSA) is 126 Å². The molecule has 0 saturated carbocycles. The van der Waals surface area contributed by atoms with Gasteiger partial charge in [0.25, 0.3) is 11.6 Å². The molecular formula is C12H14N4O5. The highest BCUT2D eigenvalue weighted by Crippen LogP contribution is 2.31. The van der Waals surface area contributed by atoms with E-state index in [2.05, 4.69) is 15.5 Å². The molecule has 0 saturated heterocycles. The van der Waals surface area contributed by atoms with Crippen LogP contribution < -0.4 is 10.1 Å². The number of aliphatic hydroxyl groups excluding tert-OH is 1. The number of nitrogens with one attached hydrogen (secondary N) is 1. The molecule has 0 spiro atoms. The molecule has 1 aromatic carbocycles. The Kier molecular flexibility index (Phi) is 5.35.